The van der Waals surface area contributed by atoms with Crippen LogP contribution in [0.15, 0.2) is 24.3 Å². The van der Waals surface area contributed by atoms with Crippen LogP contribution in [-0.2, 0) is 4.57 Å². The fourth-order valence-electron chi connectivity index (χ4n) is 0.663. The van der Waals surface area contributed by atoms with E-state index in [2.05, 4.69) is 4.74 Å². The summed E-state index contributed by atoms with van der Waals surface area (Å²) in [6.45, 7) is 0. The number of rotatable bonds is 2. The minimum Gasteiger partial charge on any atom is -0.417 e. The van der Waals surface area contributed by atoms with Crippen molar-refractivity contribution in [3.05, 3.63) is 29.3 Å². The normalized spacial score (nSPS) is 11.1. The summed E-state index contributed by atoms with van der Waals surface area (Å²) in [5.74, 6) is 0.0303. The van der Waals surface area contributed by atoms with Crippen LogP contribution < -0.4 is 4.74 Å². The van der Waals surface area contributed by atoms with Crippen molar-refractivity contribution in [1.29, 1.82) is 0 Å². The summed E-state index contributed by atoms with van der Waals surface area (Å²) >= 11 is 5.54. The van der Waals surface area contributed by atoms with Gasteiger partial charge in [-0.25, -0.2) is 9.36 Å². The lowest BCUT2D eigenvalue weighted by atomic mass is 10.3. The largest absolute Gasteiger partial charge is 0.433 e. The monoisotopic (exact) mass is 236 g/mol. The smallest absolute Gasteiger partial charge is 0.417 e. The van der Waals surface area contributed by atoms with E-state index < -0.39 is 13.3 Å². The van der Waals surface area contributed by atoms with Gasteiger partial charge in [0.15, 0.2) is 0 Å². The fraction of sp³-hybridized carbons (Fsp3) is 0. The number of carbonyl (C=O) groups is 1. The molecule has 0 unspecified atom stereocenters. The maximum absolute atomic E-state index is 10.7. The first-order valence-electron chi connectivity index (χ1n) is 3.43. The van der Waals surface area contributed by atoms with Gasteiger partial charge in [-0.2, -0.15) is 0 Å². The van der Waals surface area contributed by atoms with Gasteiger partial charge in [0.25, 0.3) is 0 Å². The van der Waals surface area contributed by atoms with Crippen molar-refractivity contribution in [1.82, 2.24) is 0 Å². The third-order valence-electron chi connectivity index (χ3n) is 1.26. The van der Waals surface area contributed by atoms with Gasteiger partial charge < -0.3 is 14.5 Å². The molecule has 0 aliphatic rings. The molecule has 0 saturated carbocycles. The van der Waals surface area contributed by atoms with Crippen LogP contribution in [0.4, 0.5) is 4.79 Å². The first-order chi connectivity index (χ1) is 6.39. The number of carbonyl (C=O) groups excluding carboxylic acids is 1. The van der Waals surface area contributed by atoms with Crippen LogP contribution in [-0.4, -0.2) is 15.5 Å². The number of hydrogen-bond donors (Lipinski definition) is 2. The van der Waals surface area contributed by atoms with Crippen LogP contribution in [0.1, 0.15) is 0 Å². The number of halogens is 1. The molecule has 0 heterocycles. The molecule has 0 aromatic heterocycles. The van der Waals surface area contributed by atoms with Crippen molar-refractivity contribution >= 4 is 24.9 Å². The van der Waals surface area contributed by atoms with Crippen LogP contribution in [0.3, 0.4) is 0 Å². The van der Waals surface area contributed by atoms with Gasteiger partial charge in [0.2, 0.25) is 0 Å². The lowest BCUT2D eigenvalue weighted by Crippen LogP contribution is -2.05. The Kier molecular flexibility index (Phi) is 3.29. The summed E-state index contributed by atoms with van der Waals surface area (Å²) in [6, 6.07) is 5.53. The van der Waals surface area contributed by atoms with Crippen molar-refractivity contribution < 1.29 is 23.9 Å². The van der Waals surface area contributed by atoms with E-state index in [-0.39, 0.29) is 5.75 Å². The molecule has 1 aromatic carbocycles. The zero-order valence-corrected chi connectivity index (χ0v) is 8.40. The molecule has 1 rings (SSSR count). The molecular weight excluding hydrogens is 230 g/mol. The summed E-state index contributed by atoms with van der Waals surface area (Å²) in [5.41, 5.74) is -1.58. The van der Waals surface area contributed by atoms with E-state index >= 15 is 0 Å². The Morgan fingerprint density at radius 3 is 2.21 bits per heavy atom. The SMILES string of the molecule is O=C(Oc1ccc(Cl)cc1)P(=O)(O)O. The van der Waals surface area contributed by atoms with Gasteiger partial charge >= 0.3 is 13.3 Å². The molecule has 1 aromatic rings. The second kappa shape index (κ2) is 4.11. The number of ether oxygens (including phenoxy) is 1. The van der Waals surface area contributed by atoms with Crippen LogP contribution >= 0.6 is 19.2 Å². The Labute approximate surface area is 84.4 Å². The maximum Gasteiger partial charge on any atom is 0.433 e. The first-order valence-corrected chi connectivity index (χ1v) is 5.42. The van der Waals surface area contributed by atoms with Crippen molar-refractivity contribution in [2.45, 2.75) is 0 Å². The van der Waals surface area contributed by atoms with Crippen molar-refractivity contribution in [2.75, 3.05) is 0 Å². The van der Waals surface area contributed by atoms with Gasteiger partial charge in [-0.05, 0) is 24.3 Å². The Hall–Kier alpha value is -0.870. The highest BCUT2D eigenvalue weighted by atomic mass is 35.5. The van der Waals surface area contributed by atoms with E-state index in [1.54, 1.807) is 0 Å². The zero-order valence-electron chi connectivity index (χ0n) is 6.75. The van der Waals surface area contributed by atoms with Crippen LogP contribution in [0.2, 0.25) is 5.02 Å². The predicted molar refractivity (Wildman–Crippen MR) is 49.5 cm³/mol. The Bertz CT molecular complexity index is 382. The van der Waals surface area contributed by atoms with Crippen molar-refractivity contribution in [2.24, 2.45) is 0 Å². The molecule has 7 heteroatoms. The second-order valence-corrected chi connectivity index (χ2v) is 4.26. The maximum atomic E-state index is 10.7. The van der Waals surface area contributed by atoms with E-state index in [9.17, 15) is 9.36 Å². The molecule has 0 aliphatic carbocycles. The Balaban J connectivity index is 2.76. The highest BCUT2D eigenvalue weighted by Crippen LogP contribution is 2.37. The fourth-order valence-corrected chi connectivity index (χ4v) is 1.01. The molecule has 0 aliphatic heterocycles. The van der Waals surface area contributed by atoms with Gasteiger partial charge in [-0.15, -0.1) is 0 Å². The molecule has 5 nitrogen and oxygen atoms in total. The molecule has 0 radical (unpaired) electrons. The second-order valence-electron chi connectivity index (χ2n) is 2.37. The van der Waals surface area contributed by atoms with Crippen LogP contribution in [0.5, 0.6) is 5.75 Å². The minimum absolute atomic E-state index is 0.0303. The lowest BCUT2D eigenvalue weighted by Gasteiger charge is -2.04. The number of hydrogen-bond acceptors (Lipinski definition) is 3. The highest BCUT2D eigenvalue weighted by molar-refractivity contribution is 7.69. The van der Waals surface area contributed by atoms with Gasteiger partial charge in [0, 0.05) is 5.02 Å². The quantitative estimate of drug-likeness (QED) is 0.768. The summed E-state index contributed by atoms with van der Waals surface area (Å²) in [4.78, 5) is 27.5. The highest BCUT2D eigenvalue weighted by Gasteiger charge is 2.28. The average molecular weight is 237 g/mol. The molecule has 0 amide bonds. The molecule has 76 valence electrons. The van der Waals surface area contributed by atoms with E-state index in [0.29, 0.717) is 5.02 Å². The minimum atomic E-state index is -4.83. The standard InChI is InChI=1S/C7H6ClO5P/c8-5-1-3-6(4-2-5)13-7(9)14(10,11)12/h1-4H,(H2,10,11,12). The Morgan fingerprint density at radius 2 is 1.79 bits per heavy atom. The zero-order chi connectivity index (χ0) is 10.8. The third-order valence-corrected chi connectivity index (χ3v) is 2.08. The van der Waals surface area contributed by atoms with E-state index in [0.717, 1.165) is 0 Å². The van der Waals surface area contributed by atoms with Gasteiger partial charge in [-0.1, -0.05) is 11.6 Å². The molecule has 0 spiro atoms. The van der Waals surface area contributed by atoms with Gasteiger partial charge in [0.1, 0.15) is 5.75 Å². The summed E-state index contributed by atoms with van der Waals surface area (Å²) < 4.78 is 14.8. The molecule has 0 atom stereocenters. The molecule has 0 fully saturated rings. The van der Waals surface area contributed by atoms with Crippen molar-refractivity contribution in [3.63, 3.8) is 0 Å². The molecule has 0 bridgehead atoms. The predicted octanol–water partition coefficient (Wildman–Crippen LogP) is 2.02. The van der Waals surface area contributed by atoms with Crippen molar-refractivity contribution in [3.8, 4) is 5.75 Å². The number of benzene rings is 1. The topological polar surface area (TPSA) is 83.8 Å². The van der Waals surface area contributed by atoms with E-state index in [4.69, 9.17) is 21.4 Å². The summed E-state index contributed by atoms with van der Waals surface area (Å²) in [7, 11) is -4.83. The van der Waals surface area contributed by atoms with E-state index in [1.807, 2.05) is 0 Å². The molecule has 2 N–H and O–H groups in total. The molecule has 0 saturated heterocycles. The van der Waals surface area contributed by atoms with Gasteiger partial charge in [-0.3, -0.25) is 0 Å². The third kappa shape index (κ3) is 3.12. The molecular formula is C7H6ClO5P. The average Bonchev–Trinajstić information content (AvgIpc) is 2.07. The summed E-state index contributed by atoms with van der Waals surface area (Å²) in [5, 5.41) is 0.431. The first kappa shape index (κ1) is 11.2. The van der Waals surface area contributed by atoms with Gasteiger partial charge in [0.05, 0.1) is 0 Å². The Morgan fingerprint density at radius 1 is 1.29 bits per heavy atom. The van der Waals surface area contributed by atoms with E-state index in [1.165, 1.54) is 24.3 Å². The molecule has 14 heavy (non-hydrogen) atoms. The van der Waals surface area contributed by atoms with Crippen LogP contribution in [0.25, 0.3) is 0 Å². The lowest BCUT2D eigenvalue weighted by molar-refractivity contribution is 0.213. The summed E-state index contributed by atoms with van der Waals surface area (Å²) in [6.07, 6.45) is 0. The van der Waals surface area contributed by atoms with Crippen LogP contribution in [0, 0.1) is 0 Å².